The molecule has 210 valence electrons. The predicted molar refractivity (Wildman–Crippen MR) is 152 cm³/mol. The van der Waals surface area contributed by atoms with Gasteiger partial charge in [0.15, 0.2) is 0 Å². The van der Waals surface area contributed by atoms with Crippen molar-refractivity contribution in [2.75, 3.05) is 7.11 Å². The van der Waals surface area contributed by atoms with Crippen LogP contribution < -0.4 is 5.32 Å². The van der Waals surface area contributed by atoms with Crippen molar-refractivity contribution in [2.24, 2.45) is 5.92 Å². The summed E-state index contributed by atoms with van der Waals surface area (Å²) in [5.74, 6) is -2.99. The minimum absolute atomic E-state index is 0.00382. The molecule has 0 radical (unpaired) electrons. The molecule has 2 amide bonds. The zero-order chi connectivity index (χ0) is 28.8. The molecule has 41 heavy (non-hydrogen) atoms. The Balaban J connectivity index is 1.56. The number of nitrogens with zero attached hydrogens (tertiary/aromatic N) is 1. The van der Waals surface area contributed by atoms with Crippen LogP contribution in [0.5, 0.6) is 0 Å². The fourth-order valence-corrected chi connectivity index (χ4v) is 6.24. The molecule has 1 aliphatic heterocycles. The first-order valence-corrected chi connectivity index (χ1v) is 14.0. The van der Waals surface area contributed by atoms with Crippen molar-refractivity contribution in [2.45, 2.75) is 31.2 Å². The number of carbonyl (C=O) groups excluding carboxylic acids is 3. The molecule has 0 aliphatic carbocycles. The molecule has 5 rings (SSSR count). The van der Waals surface area contributed by atoms with Crippen molar-refractivity contribution < 1.29 is 28.2 Å². The van der Waals surface area contributed by atoms with Gasteiger partial charge in [-0.2, -0.15) is 0 Å². The Kier molecular flexibility index (Phi) is 8.74. The normalized spacial score (nSPS) is 19.9. The van der Waals surface area contributed by atoms with Crippen molar-refractivity contribution in [3.05, 3.63) is 130 Å². The van der Waals surface area contributed by atoms with Crippen molar-refractivity contribution in [1.29, 1.82) is 0 Å². The topological polar surface area (TPSA) is 84.9 Å². The summed E-state index contributed by atoms with van der Waals surface area (Å²) in [4.78, 5) is 43.5. The first-order valence-electron chi connectivity index (χ1n) is 13.1. The van der Waals surface area contributed by atoms with Gasteiger partial charge in [0.05, 0.1) is 19.1 Å². The molecule has 9 heteroatoms. The number of hydrogen-bond acceptors (Lipinski definition) is 6. The maximum absolute atomic E-state index is 14.0. The zero-order valence-corrected chi connectivity index (χ0v) is 23.1. The van der Waals surface area contributed by atoms with Crippen LogP contribution in [0, 0.1) is 11.7 Å². The number of carbonyl (C=O) groups is 3. The van der Waals surface area contributed by atoms with E-state index in [1.807, 2.05) is 78.2 Å². The van der Waals surface area contributed by atoms with E-state index in [1.165, 1.54) is 35.5 Å². The van der Waals surface area contributed by atoms with E-state index in [4.69, 9.17) is 9.47 Å². The van der Waals surface area contributed by atoms with E-state index in [0.29, 0.717) is 11.1 Å². The first-order chi connectivity index (χ1) is 20.0. The van der Waals surface area contributed by atoms with E-state index < -0.39 is 41.9 Å². The number of methoxy groups -OCH3 is 1. The van der Waals surface area contributed by atoms with E-state index in [1.54, 1.807) is 12.1 Å². The summed E-state index contributed by atoms with van der Waals surface area (Å²) in [7, 11) is 1.30. The number of rotatable bonds is 8. The van der Waals surface area contributed by atoms with Gasteiger partial charge in [-0.15, -0.1) is 11.3 Å². The molecule has 1 N–H and O–H groups in total. The minimum atomic E-state index is -1.10. The maximum atomic E-state index is 14.0. The SMILES string of the molecule is COC(=O)C1C(c2ccccc2)C(C(=O)NCc2ccc(F)cc2)N(C(=O)OCc2ccccc2)C1c1cccs1. The van der Waals surface area contributed by atoms with E-state index in [0.717, 1.165) is 10.4 Å². The number of ether oxygens (including phenoxy) is 2. The lowest BCUT2D eigenvalue weighted by atomic mass is 9.81. The van der Waals surface area contributed by atoms with Gasteiger partial charge in [0.1, 0.15) is 18.5 Å². The third-order valence-corrected chi connectivity index (χ3v) is 8.17. The molecule has 0 saturated carbocycles. The molecule has 1 aliphatic rings. The van der Waals surface area contributed by atoms with Crippen LogP contribution in [-0.4, -0.2) is 36.0 Å². The molecular formula is C32H29FN2O5S. The molecule has 2 heterocycles. The number of benzene rings is 3. The van der Waals surface area contributed by atoms with Crippen LogP contribution in [0.1, 0.15) is 33.5 Å². The van der Waals surface area contributed by atoms with Crippen molar-refractivity contribution in [1.82, 2.24) is 10.2 Å². The average Bonchev–Trinajstić information content (AvgIpc) is 3.67. The molecule has 4 atom stereocenters. The Labute approximate surface area is 241 Å². The monoisotopic (exact) mass is 572 g/mol. The molecular weight excluding hydrogens is 543 g/mol. The highest BCUT2D eigenvalue weighted by Gasteiger charge is 2.59. The first kappa shape index (κ1) is 28.0. The quantitative estimate of drug-likeness (QED) is 0.268. The van der Waals surface area contributed by atoms with E-state index >= 15 is 0 Å². The van der Waals surface area contributed by atoms with Gasteiger partial charge in [-0.3, -0.25) is 14.5 Å². The lowest BCUT2D eigenvalue weighted by molar-refractivity contribution is -0.146. The number of amides is 2. The summed E-state index contributed by atoms with van der Waals surface area (Å²) in [6.45, 7) is 0.104. The maximum Gasteiger partial charge on any atom is 0.411 e. The number of halogens is 1. The van der Waals surface area contributed by atoms with Gasteiger partial charge in [0.25, 0.3) is 0 Å². The molecule has 3 aromatic carbocycles. The van der Waals surface area contributed by atoms with Crippen LogP contribution in [0.25, 0.3) is 0 Å². The number of likely N-dealkylation sites (tertiary alicyclic amines) is 1. The zero-order valence-electron chi connectivity index (χ0n) is 22.3. The largest absolute Gasteiger partial charge is 0.469 e. The molecule has 4 aromatic rings. The van der Waals surface area contributed by atoms with Gasteiger partial charge in [-0.05, 0) is 40.3 Å². The number of nitrogens with one attached hydrogen (secondary N) is 1. The molecule has 4 unspecified atom stereocenters. The average molecular weight is 573 g/mol. The third-order valence-electron chi connectivity index (χ3n) is 7.22. The smallest absolute Gasteiger partial charge is 0.411 e. The Bertz CT molecular complexity index is 1470. The van der Waals surface area contributed by atoms with Crippen LogP contribution in [0.4, 0.5) is 9.18 Å². The second-order valence-corrected chi connectivity index (χ2v) is 10.7. The Hall–Kier alpha value is -4.50. The standard InChI is InChI=1S/C32H29FN2O5S/c1-39-31(37)27-26(23-11-6-3-7-12-23)29(30(36)34-19-21-14-16-24(33)17-15-21)35(28(27)25-13-8-18-41-25)32(38)40-20-22-9-4-2-5-10-22/h2-18,26-29H,19-20H2,1H3,(H,34,36). The second-order valence-electron chi connectivity index (χ2n) is 9.68. The van der Waals surface area contributed by atoms with Gasteiger partial charge < -0.3 is 14.8 Å². The summed E-state index contributed by atoms with van der Waals surface area (Å²) >= 11 is 1.39. The number of esters is 1. The number of hydrogen-bond donors (Lipinski definition) is 1. The number of thiophene rings is 1. The van der Waals surface area contributed by atoms with Crippen LogP contribution in [0.2, 0.25) is 0 Å². The van der Waals surface area contributed by atoms with Crippen LogP contribution in [-0.2, 0) is 32.2 Å². The highest BCUT2D eigenvalue weighted by Crippen LogP contribution is 2.51. The Morgan fingerprint density at radius 1 is 0.878 bits per heavy atom. The van der Waals surface area contributed by atoms with Gasteiger partial charge >= 0.3 is 12.1 Å². The van der Waals surface area contributed by atoms with E-state index in [-0.39, 0.29) is 19.0 Å². The fraction of sp³-hybridized carbons (Fsp3) is 0.219. The minimum Gasteiger partial charge on any atom is -0.469 e. The van der Waals surface area contributed by atoms with Gasteiger partial charge in [-0.1, -0.05) is 78.9 Å². The molecule has 1 aromatic heterocycles. The third kappa shape index (κ3) is 6.15. The molecule has 1 fully saturated rings. The summed E-state index contributed by atoms with van der Waals surface area (Å²) in [5, 5.41) is 4.76. The molecule has 1 saturated heterocycles. The van der Waals surface area contributed by atoms with Crippen molar-refractivity contribution in [3.8, 4) is 0 Å². The van der Waals surface area contributed by atoms with E-state index in [9.17, 15) is 18.8 Å². The molecule has 7 nitrogen and oxygen atoms in total. The van der Waals surface area contributed by atoms with Gasteiger partial charge in [0, 0.05) is 17.3 Å². The summed E-state index contributed by atoms with van der Waals surface area (Å²) in [6, 6.07) is 26.0. The van der Waals surface area contributed by atoms with Gasteiger partial charge in [-0.25, -0.2) is 9.18 Å². The van der Waals surface area contributed by atoms with Crippen LogP contribution >= 0.6 is 11.3 Å². The predicted octanol–water partition coefficient (Wildman–Crippen LogP) is 5.84. The Morgan fingerprint density at radius 2 is 1.56 bits per heavy atom. The van der Waals surface area contributed by atoms with Crippen LogP contribution in [0.3, 0.4) is 0 Å². The second kappa shape index (κ2) is 12.8. The van der Waals surface area contributed by atoms with Crippen LogP contribution in [0.15, 0.2) is 102 Å². The summed E-state index contributed by atoms with van der Waals surface area (Å²) in [6.07, 6.45) is -0.721. The fourth-order valence-electron chi connectivity index (χ4n) is 5.37. The Morgan fingerprint density at radius 3 is 2.20 bits per heavy atom. The highest BCUT2D eigenvalue weighted by molar-refractivity contribution is 7.10. The van der Waals surface area contributed by atoms with Crippen molar-refractivity contribution >= 4 is 29.3 Å². The molecule has 0 bridgehead atoms. The highest BCUT2D eigenvalue weighted by atomic mass is 32.1. The summed E-state index contributed by atoms with van der Waals surface area (Å²) < 4.78 is 24.5. The van der Waals surface area contributed by atoms with Crippen molar-refractivity contribution in [3.63, 3.8) is 0 Å². The lowest BCUT2D eigenvalue weighted by Crippen LogP contribution is -2.48. The van der Waals surface area contributed by atoms with Gasteiger partial charge in [0.2, 0.25) is 5.91 Å². The van der Waals surface area contributed by atoms with E-state index in [2.05, 4.69) is 5.32 Å². The lowest BCUT2D eigenvalue weighted by Gasteiger charge is -2.30. The molecule has 0 spiro atoms. The summed E-state index contributed by atoms with van der Waals surface area (Å²) in [5.41, 5.74) is 2.19.